The van der Waals surface area contributed by atoms with E-state index in [1.165, 1.54) is 5.56 Å². The molecule has 0 bridgehead atoms. The third kappa shape index (κ3) is 3.69. The van der Waals surface area contributed by atoms with Gasteiger partial charge in [0.25, 0.3) is 0 Å². The second-order valence-electron chi connectivity index (χ2n) is 8.56. The molecule has 5 nitrogen and oxygen atoms in total. The average Bonchev–Trinajstić information content (AvgIpc) is 3.34. The van der Waals surface area contributed by atoms with Crippen LogP contribution in [-0.4, -0.2) is 40.1 Å². The molecule has 0 saturated carbocycles. The van der Waals surface area contributed by atoms with Crippen LogP contribution in [0.15, 0.2) is 34.1 Å². The van der Waals surface area contributed by atoms with Crippen molar-refractivity contribution in [3.05, 3.63) is 51.1 Å². The van der Waals surface area contributed by atoms with Crippen molar-refractivity contribution in [3.8, 4) is 22.1 Å². The van der Waals surface area contributed by atoms with E-state index < -0.39 is 0 Å². The molecule has 0 fully saturated rings. The molecule has 0 saturated heterocycles. The van der Waals surface area contributed by atoms with Gasteiger partial charge in [-0.1, -0.05) is 6.07 Å². The fraction of sp³-hybridized carbons (Fsp3) is 0.391. The lowest BCUT2D eigenvalue weighted by atomic mass is 9.99. The predicted octanol–water partition coefficient (Wildman–Crippen LogP) is 5.27. The van der Waals surface area contributed by atoms with Gasteiger partial charge in [-0.25, -0.2) is 4.98 Å². The average molecular weight is 488 g/mol. The SMILES string of the molecule is COc1cc2c(cc1Br)-n1c(-c3cccs3)nc(CC(=O)N(C)C(C)(C)C)c1CC2. The number of aryl methyl sites for hydroxylation is 1. The van der Waals surface area contributed by atoms with Gasteiger partial charge in [-0.3, -0.25) is 9.36 Å². The number of ether oxygens (including phenoxy) is 1. The first-order valence-corrected chi connectivity index (χ1v) is 11.7. The zero-order valence-electron chi connectivity index (χ0n) is 18.0. The number of rotatable bonds is 4. The Hall–Kier alpha value is -2.12. The fourth-order valence-corrected chi connectivity index (χ4v) is 4.96. The molecule has 2 aromatic heterocycles. The normalized spacial score (nSPS) is 13.0. The van der Waals surface area contributed by atoms with Gasteiger partial charge in [0.1, 0.15) is 5.75 Å². The number of likely N-dealkylation sites (N-methyl/N-ethyl adjacent to an activating group) is 1. The first-order chi connectivity index (χ1) is 14.2. The maximum absolute atomic E-state index is 13.0. The molecule has 0 unspecified atom stereocenters. The van der Waals surface area contributed by atoms with Crippen LogP contribution in [0, 0.1) is 0 Å². The largest absolute Gasteiger partial charge is 0.496 e. The predicted molar refractivity (Wildman–Crippen MR) is 125 cm³/mol. The van der Waals surface area contributed by atoms with Crippen LogP contribution in [0.4, 0.5) is 0 Å². The molecule has 1 aliphatic heterocycles. The first-order valence-electron chi connectivity index (χ1n) is 9.98. The summed E-state index contributed by atoms with van der Waals surface area (Å²) in [7, 11) is 3.55. The number of hydrogen-bond donors (Lipinski definition) is 0. The van der Waals surface area contributed by atoms with Crippen LogP contribution in [-0.2, 0) is 24.1 Å². The summed E-state index contributed by atoms with van der Waals surface area (Å²) in [6.45, 7) is 6.14. The van der Waals surface area contributed by atoms with E-state index in [1.807, 2.05) is 38.8 Å². The molecule has 158 valence electrons. The van der Waals surface area contributed by atoms with Crippen molar-refractivity contribution in [2.45, 2.75) is 45.6 Å². The van der Waals surface area contributed by atoms with Crippen LogP contribution in [0.5, 0.6) is 5.75 Å². The van der Waals surface area contributed by atoms with E-state index in [1.54, 1.807) is 18.4 Å². The van der Waals surface area contributed by atoms with Gasteiger partial charge < -0.3 is 9.64 Å². The number of aromatic nitrogens is 2. The number of fused-ring (bicyclic) bond motifs is 3. The Morgan fingerprint density at radius 3 is 2.73 bits per heavy atom. The molecule has 0 spiro atoms. The zero-order valence-corrected chi connectivity index (χ0v) is 20.4. The Morgan fingerprint density at radius 1 is 1.33 bits per heavy atom. The topological polar surface area (TPSA) is 47.4 Å². The Labute approximate surface area is 189 Å². The van der Waals surface area contributed by atoms with Gasteiger partial charge in [0.05, 0.1) is 34.3 Å². The molecule has 0 atom stereocenters. The summed E-state index contributed by atoms with van der Waals surface area (Å²) in [6.07, 6.45) is 2.05. The van der Waals surface area contributed by atoms with Gasteiger partial charge in [0.15, 0.2) is 5.82 Å². The van der Waals surface area contributed by atoms with Gasteiger partial charge >= 0.3 is 0 Å². The number of nitrogens with zero attached hydrogens (tertiary/aromatic N) is 3. The third-order valence-corrected chi connectivity index (χ3v) is 7.21. The number of halogens is 1. The zero-order chi connectivity index (χ0) is 21.6. The monoisotopic (exact) mass is 487 g/mol. The highest BCUT2D eigenvalue weighted by atomic mass is 79.9. The molecular weight excluding hydrogens is 462 g/mol. The van der Waals surface area contributed by atoms with Crippen molar-refractivity contribution in [3.63, 3.8) is 0 Å². The van der Waals surface area contributed by atoms with Crippen LogP contribution in [0.1, 0.15) is 37.7 Å². The van der Waals surface area contributed by atoms with E-state index in [9.17, 15) is 4.79 Å². The summed E-state index contributed by atoms with van der Waals surface area (Å²) in [4.78, 5) is 20.9. The van der Waals surface area contributed by atoms with E-state index in [2.05, 4.69) is 44.1 Å². The number of imidazole rings is 1. The minimum absolute atomic E-state index is 0.0860. The van der Waals surface area contributed by atoms with Gasteiger partial charge in [0.2, 0.25) is 5.91 Å². The fourth-order valence-electron chi connectivity index (χ4n) is 3.77. The highest BCUT2D eigenvalue weighted by molar-refractivity contribution is 9.10. The second kappa shape index (κ2) is 7.85. The van der Waals surface area contributed by atoms with Crippen molar-refractivity contribution >= 4 is 33.2 Å². The molecule has 1 aliphatic rings. The lowest BCUT2D eigenvalue weighted by Gasteiger charge is -2.32. The summed E-state index contributed by atoms with van der Waals surface area (Å²) in [5.41, 5.74) is 4.10. The maximum atomic E-state index is 13.0. The van der Waals surface area contributed by atoms with Crippen LogP contribution >= 0.6 is 27.3 Å². The van der Waals surface area contributed by atoms with Crippen molar-refractivity contribution in [1.29, 1.82) is 0 Å². The second-order valence-corrected chi connectivity index (χ2v) is 10.4. The molecule has 30 heavy (non-hydrogen) atoms. The molecule has 0 N–H and O–H groups in total. The number of benzene rings is 1. The molecule has 0 aliphatic carbocycles. The Morgan fingerprint density at radius 2 is 2.10 bits per heavy atom. The van der Waals surface area contributed by atoms with E-state index in [4.69, 9.17) is 9.72 Å². The van der Waals surface area contributed by atoms with Crippen molar-refractivity contribution < 1.29 is 9.53 Å². The highest BCUT2D eigenvalue weighted by Gasteiger charge is 2.29. The Bertz CT molecular complexity index is 1100. The van der Waals surface area contributed by atoms with Gasteiger partial charge in [-0.2, -0.15) is 0 Å². The van der Waals surface area contributed by atoms with Crippen molar-refractivity contribution in [1.82, 2.24) is 14.5 Å². The van der Waals surface area contributed by atoms with Gasteiger partial charge in [-0.15, -0.1) is 11.3 Å². The first kappa shape index (κ1) is 21.1. The summed E-state index contributed by atoms with van der Waals surface area (Å²) < 4.78 is 8.64. The summed E-state index contributed by atoms with van der Waals surface area (Å²) >= 11 is 5.29. The Balaban J connectivity index is 1.84. The molecule has 3 heterocycles. The lowest BCUT2D eigenvalue weighted by molar-refractivity contribution is -0.133. The third-order valence-electron chi connectivity index (χ3n) is 5.72. The van der Waals surface area contributed by atoms with Crippen LogP contribution in [0.2, 0.25) is 0 Å². The summed E-state index contributed by atoms with van der Waals surface area (Å²) in [6, 6.07) is 8.31. The number of methoxy groups -OCH3 is 1. The van der Waals surface area contributed by atoms with Crippen LogP contribution < -0.4 is 4.74 Å². The molecule has 1 aromatic carbocycles. The molecule has 3 aromatic rings. The van der Waals surface area contributed by atoms with Gasteiger partial charge in [0, 0.05) is 18.3 Å². The molecule has 4 rings (SSSR count). The number of carbonyl (C=O) groups excluding carboxylic acids is 1. The summed E-state index contributed by atoms with van der Waals surface area (Å²) in [5, 5.41) is 2.06. The van der Waals surface area contributed by atoms with Crippen molar-refractivity contribution in [2.24, 2.45) is 0 Å². The quantitative estimate of drug-likeness (QED) is 0.503. The molecule has 7 heteroatoms. The van der Waals surface area contributed by atoms with E-state index in [-0.39, 0.29) is 11.4 Å². The minimum Gasteiger partial charge on any atom is -0.496 e. The summed E-state index contributed by atoms with van der Waals surface area (Å²) in [5.74, 6) is 1.82. The van der Waals surface area contributed by atoms with Crippen LogP contribution in [0.3, 0.4) is 0 Å². The Kier molecular flexibility index (Phi) is 5.53. The highest BCUT2D eigenvalue weighted by Crippen LogP contribution is 2.39. The lowest BCUT2D eigenvalue weighted by Crippen LogP contribution is -2.43. The van der Waals surface area contributed by atoms with E-state index >= 15 is 0 Å². The van der Waals surface area contributed by atoms with Gasteiger partial charge in [-0.05, 0) is 78.7 Å². The number of amides is 1. The number of thiophene rings is 1. The number of carbonyl (C=O) groups is 1. The minimum atomic E-state index is -0.221. The van der Waals surface area contributed by atoms with Crippen LogP contribution in [0.25, 0.3) is 16.4 Å². The standard InChI is InChI=1S/C23H26BrN3O2S/c1-23(2,3)26(4)21(28)13-16-17-9-8-14-11-19(29-5)15(24)12-18(14)27(17)22(25-16)20-7-6-10-30-20/h6-7,10-12H,8-9,13H2,1-5H3. The molecular formula is C23H26BrN3O2S. The molecule has 0 radical (unpaired) electrons. The molecule has 1 amide bonds. The maximum Gasteiger partial charge on any atom is 0.228 e. The van der Waals surface area contributed by atoms with E-state index in [0.29, 0.717) is 6.42 Å². The smallest absolute Gasteiger partial charge is 0.228 e. The van der Waals surface area contributed by atoms with Crippen molar-refractivity contribution in [2.75, 3.05) is 14.2 Å². The van der Waals surface area contributed by atoms with E-state index in [0.717, 1.165) is 50.8 Å². The number of hydrogen-bond acceptors (Lipinski definition) is 4.